The van der Waals surface area contributed by atoms with Crippen molar-refractivity contribution in [2.45, 2.75) is 0 Å². The molecule has 0 aliphatic rings. The first kappa shape index (κ1) is 7.63. The largest absolute Gasteiger partial charge is 0.215 e. The molecule has 10 heavy (non-hydrogen) atoms. The third-order valence-electron chi connectivity index (χ3n) is 0.782. The molecule has 0 unspecified atom stereocenters. The van der Waals surface area contributed by atoms with E-state index in [0.29, 0.717) is 15.0 Å². The van der Waals surface area contributed by atoms with Gasteiger partial charge in [-0.15, -0.1) is 0 Å². The molecule has 1 aromatic heterocycles. The molecule has 0 aliphatic heterocycles. The minimum Gasteiger partial charge on any atom is -0.215 e. The Kier molecular flexibility index (Phi) is 2.35. The van der Waals surface area contributed by atoms with Crippen molar-refractivity contribution in [2.75, 3.05) is 0 Å². The molecule has 0 atom stereocenters. The molecular weight excluding hydrogens is 262 g/mol. The van der Waals surface area contributed by atoms with Crippen LogP contribution in [0.5, 0.6) is 0 Å². The Hall–Kier alpha value is -0.470. The number of halogens is 2. The SMILES string of the molecule is N#Cc1cc(Br)nc(Br)n1. The average molecular weight is 263 g/mol. The van der Waals surface area contributed by atoms with Gasteiger partial charge in [-0.2, -0.15) is 5.26 Å². The van der Waals surface area contributed by atoms with Gasteiger partial charge in [0.1, 0.15) is 16.4 Å². The van der Waals surface area contributed by atoms with E-state index >= 15 is 0 Å². The van der Waals surface area contributed by atoms with Crippen LogP contribution in [0.3, 0.4) is 0 Å². The van der Waals surface area contributed by atoms with Gasteiger partial charge in [-0.1, -0.05) is 0 Å². The van der Waals surface area contributed by atoms with E-state index in [-0.39, 0.29) is 0 Å². The summed E-state index contributed by atoms with van der Waals surface area (Å²) < 4.78 is 1.02. The number of aromatic nitrogens is 2. The van der Waals surface area contributed by atoms with E-state index in [4.69, 9.17) is 5.26 Å². The molecule has 0 aliphatic carbocycles. The molecule has 0 aromatic carbocycles. The summed E-state index contributed by atoms with van der Waals surface area (Å²) in [6.07, 6.45) is 0. The van der Waals surface area contributed by atoms with Gasteiger partial charge in [0.05, 0.1) is 0 Å². The van der Waals surface area contributed by atoms with Crippen LogP contribution in [0.4, 0.5) is 0 Å². The lowest BCUT2D eigenvalue weighted by atomic mass is 10.5. The molecule has 0 spiro atoms. The molecule has 1 heterocycles. The first-order valence-corrected chi connectivity index (χ1v) is 3.91. The van der Waals surface area contributed by atoms with E-state index < -0.39 is 0 Å². The summed E-state index contributed by atoms with van der Waals surface area (Å²) in [4.78, 5) is 7.62. The Bertz CT molecular complexity index is 271. The molecule has 0 fully saturated rings. The van der Waals surface area contributed by atoms with Crippen LogP contribution in [0.2, 0.25) is 0 Å². The van der Waals surface area contributed by atoms with Crippen molar-refractivity contribution < 1.29 is 0 Å². The lowest BCUT2D eigenvalue weighted by Crippen LogP contribution is -1.87. The van der Waals surface area contributed by atoms with Gasteiger partial charge in [0, 0.05) is 6.07 Å². The van der Waals surface area contributed by atoms with Crippen LogP contribution < -0.4 is 0 Å². The maximum Gasteiger partial charge on any atom is 0.198 e. The van der Waals surface area contributed by atoms with Crippen LogP contribution in [0.1, 0.15) is 5.69 Å². The van der Waals surface area contributed by atoms with Gasteiger partial charge in [0.25, 0.3) is 0 Å². The van der Waals surface area contributed by atoms with Crippen LogP contribution in [0.15, 0.2) is 15.4 Å². The fourth-order valence-electron chi connectivity index (χ4n) is 0.447. The molecule has 0 radical (unpaired) electrons. The lowest BCUT2D eigenvalue weighted by molar-refractivity contribution is 1.06. The fourth-order valence-corrected chi connectivity index (χ4v) is 1.45. The highest BCUT2D eigenvalue weighted by Crippen LogP contribution is 2.10. The van der Waals surface area contributed by atoms with Gasteiger partial charge in [0.2, 0.25) is 0 Å². The van der Waals surface area contributed by atoms with E-state index in [1.165, 1.54) is 0 Å². The van der Waals surface area contributed by atoms with Crippen molar-refractivity contribution in [3.8, 4) is 6.07 Å². The third-order valence-corrected chi connectivity index (χ3v) is 1.54. The topological polar surface area (TPSA) is 49.6 Å². The number of hydrogen-bond acceptors (Lipinski definition) is 3. The maximum absolute atomic E-state index is 8.40. The summed E-state index contributed by atoms with van der Waals surface area (Å²) in [7, 11) is 0. The van der Waals surface area contributed by atoms with Gasteiger partial charge in [-0.3, -0.25) is 0 Å². The molecule has 50 valence electrons. The molecule has 1 aromatic rings. The van der Waals surface area contributed by atoms with E-state index in [1.54, 1.807) is 6.07 Å². The molecule has 5 heteroatoms. The zero-order chi connectivity index (χ0) is 7.56. The maximum atomic E-state index is 8.40. The average Bonchev–Trinajstić information content (AvgIpc) is 1.85. The molecule has 0 N–H and O–H groups in total. The second kappa shape index (κ2) is 3.08. The zero-order valence-electron chi connectivity index (χ0n) is 4.67. The quantitative estimate of drug-likeness (QED) is 0.530. The van der Waals surface area contributed by atoms with E-state index in [9.17, 15) is 0 Å². The first-order chi connectivity index (χ1) is 4.72. The van der Waals surface area contributed by atoms with Crippen LogP contribution >= 0.6 is 31.9 Å². The van der Waals surface area contributed by atoms with Crippen LogP contribution in [-0.4, -0.2) is 9.97 Å². The predicted molar refractivity (Wildman–Crippen MR) is 42.1 cm³/mol. The van der Waals surface area contributed by atoms with Gasteiger partial charge >= 0.3 is 0 Å². The second-order valence-electron chi connectivity index (χ2n) is 1.46. The van der Waals surface area contributed by atoms with E-state index in [1.807, 2.05) is 6.07 Å². The summed E-state index contributed by atoms with van der Waals surface area (Å²) in [6, 6.07) is 3.44. The van der Waals surface area contributed by atoms with Crippen molar-refractivity contribution in [1.29, 1.82) is 5.26 Å². The van der Waals surface area contributed by atoms with Crippen molar-refractivity contribution in [3.63, 3.8) is 0 Å². The van der Waals surface area contributed by atoms with Crippen molar-refractivity contribution in [2.24, 2.45) is 0 Å². The number of rotatable bonds is 0. The minimum atomic E-state index is 0.341. The minimum absolute atomic E-state index is 0.341. The van der Waals surface area contributed by atoms with Crippen molar-refractivity contribution in [3.05, 3.63) is 21.1 Å². The van der Waals surface area contributed by atoms with Crippen LogP contribution in [0, 0.1) is 11.3 Å². The molecule has 3 nitrogen and oxygen atoms in total. The highest BCUT2D eigenvalue weighted by atomic mass is 79.9. The van der Waals surface area contributed by atoms with Crippen molar-refractivity contribution in [1.82, 2.24) is 9.97 Å². The monoisotopic (exact) mass is 261 g/mol. The van der Waals surface area contributed by atoms with Gasteiger partial charge < -0.3 is 0 Å². The molecular formula is C5HBr2N3. The van der Waals surface area contributed by atoms with Crippen LogP contribution in [-0.2, 0) is 0 Å². The number of nitrogens with zero attached hydrogens (tertiary/aromatic N) is 3. The fraction of sp³-hybridized carbons (Fsp3) is 0. The van der Waals surface area contributed by atoms with Crippen LogP contribution in [0.25, 0.3) is 0 Å². The zero-order valence-corrected chi connectivity index (χ0v) is 7.85. The van der Waals surface area contributed by atoms with Crippen molar-refractivity contribution >= 4 is 31.9 Å². The Labute approximate surface area is 74.4 Å². The highest BCUT2D eigenvalue weighted by Gasteiger charge is 1.97. The summed E-state index contributed by atoms with van der Waals surface area (Å²) in [5.41, 5.74) is 0.341. The number of nitriles is 1. The van der Waals surface area contributed by atoms with E-state index in [0.717, 1.165) is 0 Å². The molecule has 0 saturated heterocycles. The summed E-state index contributed by atoms with van der Waals surface area (Å²) in [5.74, 6) is 0. The Balaban J connectivity index is 3.22. The Morgan fingerprint density at radius 1 is 1.40 bits per heavy atom. The Morgan fingerprint density at radius 3 is 2.60 bits per heavy atom. The predicted octanol–water partition coefficient (Wildman–Crippen LogP) is 1.87. The van der Waals surface area contributed by atoms with Gasteiger partial charge in [0.15, 0.2) is 4.73 Å². The van der Waals surface area contributed by atoms with Gasteiger partial charge in [-0.05, 0) is 31.9 Å². The summed E-state index contributed by atoms with van der Waals surface area (Å²) >= 11 is 6.17. The molecule has 0 saturated carbocycles. The number of hydrogen-bond donors (Lipinski definition) is 0. The highest BCUT2D eigenvalue weighted by molar-refractivity contribution is 9.11. The standard InChI is InChI=1S/C5HBr2N3/c6-4-1-3(2-8)9-5(7)10-4/h1H. The van der Waals surface area contributed by atoms with Gasteiger partial charge in [-0.25, -0.2) is 9.97 Å². The first-order valence-electron chi connectivity index (χ1n) is 2.32. The van der Waals surface area contributed by atoms with E-state index in [2.05, 4.69) is 41.8 Å². The third kappa shape index (κ3) is 1.75. The Morgan fingerprint density at radius 2 is 2.10 bits per heavy atom. The molecule has 0 amide bonds. The normalized spacial score (nSPS) is 8.90. The molecule has 1 rings (SSSR count). The molecule has 0 bridgehead atoms. The summed E-state index contributed by atoms with van der Waals surface area (Å²) in [6.45, 7) is 0. The second-order valence-corrected chi connectivity index (χ2v) is 2.98. The summed E-state index contributed by atoms with van der Waals surface area (Å²) in [5, 5.41) is 8.40. The smallest absolute Gasteiger partial charge is 0.198 e. The lowest BCUT2D eigenvalue weighted by Gasteiger charge is -1.90.